The molecule has 30 heavy (non-hydrogen) atoms. The average Bonchev–Trinajstić information content (AvgIpc) is 2.69. The molecule has 0 spiro atoms. The molecule has 0 saturated carbocycles. The summed E-state index contributed by atoms with van der Waals surface area (Å²) in [6.07, 6.45) is -0.444. The Labute approximate surface area is 168 Å². The fourth-order valence-electron chi connectivity index (χ4n) is 2.82. The zero-order valence-electron chi connectivity index (χ0n) is 15.4. The van der Waals surface area contributed by atoms with E-state index in [2.05, 4.69) is 5.10 Å². The number of sulfone groups is 1. The summed E-state index contributed by atoms with van der Waals surface area (Å²) in [4.78, 5) is 12.9. The molecule has 156 valence electrons. The molecular weight excluding hydrogens is 424 g/mol. The van der Waals surface area contributed by atoms with Gasteiger partial charge in [0.1, 0.15) is 12.4 Å². The van der Waals surface area contributed by atoms with Gasteiger partial charge in [-0.25, -0.2) is 21.9 Å². The van der Waals surface area contributed by atoms with Crippen LogP contribution in [-0.4, -0.2) is 24.5 Å². The average molecular weight is 438 g/mol. The standard InChI is InChI=1S/C20H14F4N2O3S/c1-30(28,29)13-8-6-12(7-9-13)15-10-25-26(11-17(22)19(23)24)20(27)18(15)14-4-2-3-5-16(14)21/h2-10H,11H2,1H3. The largest absolute Gasteiger partial charge is 0.303 e. The number of halogens is 4. The number of rotatable bonds is 5. The van der Waals surface area contributed by atoms with Gasteiger partial charge in [-0.2, -0.15) is 13.9 Å². The van der Waals surface area contributed by atoms with Gasteiger partial charge in [0.2, 0.25) is 0 Å². The first-order valence-electron chi connectivity index (χ1n) is 8.44. The van der Waals surface area contributed by atoms with Crippen LogP contribution in [0.2, 0.25) is 0 Å². The molecule has 0 atom stereocenters. The van der Waals surface area contributed by atoms with Gasteiger partial charge in [0.25, 0.3) is 5.56 Å². The van der Waals surface area contributed by atoms with E-state index < -0.39 is 39.7 Å². The zero-order valence-corrected chi connectivity index (χ0v) is 16.3. The maximum atomic E-state index is 14.4. The molecule has 3 aromatic rings. The summed E-state index contributed by atoms with van der Waals surface area (Å²) in [6, 6.07) is 10.7. The van der Waals surface area contributed by atoms with Crippen molar-refractivity contribution in [2.75, 3.05) is 6.26 Å². The number of nitrogens with zero attached hydrogens (tertiary/aromatic N) is 2. The molecule has 0 aliphatic carbocycles. The fraction of sp³-hybridized carbons (Fsp3) is 0.100. The molecule has 0 aliphatic heterocycles. The van der Waals surface area contributed by atoms with Crippen LogP contribution in [0.25, 0.3) is 22.3 Å². The predicted octanol–water partition coefficient (Wildman–Crippen LogP) is 4.20. The van der Waals surface area contributed by atoms with Gasteiger partial charge in [0.05, 0.1) is 16.7 Å². The molecule has 0 amide bonds. The molecule has 5 nitrogen and oxygen atoms in total. The maximum Gasteiger partial charge on any atom is 0.303 e. The highest BCUT2D eigenvalue weighted by molar-refractivity contribution is 7.90. The van der Waals surface area contributed by atoms with Crippen LogP contribution in [0, 0.1) is 5.82 Å². The Balaban J connectivity index is 2.26. The summed E-state index contributed by atoms with van der Waals surface area (Å²) in [5.74, 6) is -2.59. The Bertz CT molecular complexity index is 1300. The first kappa shape index (κ1) is 21.4. The summed E-state index contributed by atoms with van der Waals surface area (Å²) < 4.78 is 76.5. The lowest BCUT2D eigenvalue weighted by atomic mass is 9.97. The van der Waals surface area contributed by atoms with E-state index in [-0.39, 0.29) is 21.6 Å². The summed E-state index contributed by atoms with van der Waals surface area (Å²) >= 11 is 0. The predicted molar refractivity (Wildman–Crippen MR) is 103 cm³/mol. The Morgan fingerprint density at radius 3 is 2.20 bits per heavy atom. The van der Waals surface area contributed by atoms with E-state index in [1.54, 1.807) is 0 Å². The van der Waals surface area contributed by atoms with Crippen molar-refractivity contribution < 1.29 is 26.0 Å². The minimum Gasteiger partial charge on any atom is -0.267 e. The van der Waals surface area contributed by atoms with Gasteiger partial charge in [-0.05, 0) is 23.8 Å². The van der Waals surface area contributed by atoms with Crippen LogP contribution < -0.4 is 5.56 Å². The van der Waals surface area contributed by atoms with Crippen LogP contribution in [0.1, 0.15) is 0 Å². The highest BCUT2D eigenvalue weighted by Crippen LogP contribution is 2.31. The second kappa shape index (κ2) is 8.23. The van der Waals surface area contributed by atoms with Crippen LogP contribution in [0.3, 0.4) is 0 Å². The van der Waals surface area contributed by atoms with Crippen LogP contribution in [0.15, 0.2) is 76.3 Å². The van der Waals surface area contributed by atoms with Crippen molar-refractivity contribution in [3.8, 4) is 22.3 Å². The molecular formula is C20H14F4N2O3S. The third-order valence-corrected chi connectivity index (χ3v) is 5.40. The molecule has 2 aromatic carbocycles. The van der Waals surface area contributed by atoms with Crippen LogP contribution >= 0.6 is 0 Å². The van der Waals surface area contributed by atoms with E-state index >= 15 is 0 Å². The molecule has 1 heterocycles. The first-order chi connectivity index (χ1) is 14.1. The molecule has 10 heteroatoms. The fourth-order valence-corrected chi connectivity index (χ4v) is 3.45. The van der Waals surface area contributed by atoms with Crippen molar-refractivity contribution in [1.82, 2.24) is 9.78 Å². The van der Waals surface area contributed by atoms with Gasteiger partial charge in [-0.3, -0.25) is 4.79 Å². The number of hydrogen-bond donors (Lipinski definition) is 0. The van der Waals surface area contributed by atoms with E-state index in [0.717, 1.165) is 18.5 Å². The summed E-state index contributed by atoms with van der Waals surface area (Å²) in [6.45, 7) is -1.12. The van der Waals surface area contributed by atoms with Crippen molar-refractivity contribution in [2.24, 2.45) is 0 Å². The quantitative estimate of drug-likeness (QED) is 0.560. The second-order valence-electron chi connectivity index (χ2n) is 6.34. The molecule has 0 radical (unpaired) electrons. The van der Waals surface area contributed by atoms with Crippen LogP contribution in [-0.2, 0) is 16.4 Å². The summed E-state index contributed by atoms with van der Waals surface area (Å²) in [5, 5.41) is 3.72. The molecule has 3 rings (SSSR count). The van der Waals surface area contributed by atoms with Crippen molar-refractivity contribution in [1.29, 1.82) is 0 Å². The van der Waals surface area contributed by atoms with Crippen LogP contribution in [0.5, 0.6) is 0 Å². The van der Waals surface area contributed by atoms with Crippen molar-refractivity contribution in [3.63, 3.8) is 0 Å². The third kappa shape index (κ3) is 4.33. The minimum atomic E-state index is -3.47. The Morgan fingerprint density at radius 1 is 1.00 bits per heavy atom. The zero-order chi connectivity index (χ0) is 22.1. The molecule has 0 fully saturated rings. The van der Waals surface area contributed by atoms with E-state index in [4.69, 9.17) is 0 Å². The van der Waals surface area contributed by atoms with E-state index in [0.29, 0.717) is 10.2 Å². The van der Waals surface area contributed by atoms with Gasteiger partial charge >= 0.3 is 6.08 Å². The number of benzene rings is 2. The maximum absolute atomic E-state index is 14.4. The first-order valence-corrected chi connectivity index (χ1v) is 10.3. The molecule has 1 aromatic heterocycles. The molecule has 0 aliphatic rings. The number of aromatic nitrogens is 2. The highest BCUT2D eigenvalue weighted by atomic mass is 32.2. The van der Waals surface area contributed by atoms with Gasteiger partial charge in [0, 0.05) is 17.4 Å². The monoisotopic (exact) mass is 438 g/mol. The van der Waals surface area contributed by atoms with Crippen LogP contribution in [0.4, 0.5) is 17.6 Å². The number of hydrogen-bond acceptors (Lipinski definition) is 4. The normalized spacial score (nSPS) is 11.4. The van der Waals surface area contributed by atoms with Gasteiger partial charge in [-0.15, -0.1) is 0 Å². The Hall–Kier alpha value is -3.27. The molecule has 0 unspecified atom stereocenters. The minimum absolute atomic E-state index is 0.0330. The van der Waals surface area contributed by atoms with E-state index in [9.17, 15) is 30.8 Å². The smallest absolute Gasteiger partial charge is 0.267 e. The van der Waals surface area contributed by atoms with Crippen molar-refractivity contribution in [3.05, 3.63) is 82.8 Å². The lowest BCUT2D eigenvalue weighted by Crippen LogP contribution is -2.25. The van der Waals surface area contributed by atoms with Gasteiger partial charge in [0.15, 0.2) is 15.7 Å². The summed E-state index contributed by atoms with van der Waals surface area (Å²) in [5.41, 5.74) is -0.869. The Morgan fingerprint density at radius 2 is 1.63 bits per heavy atom. The molecule has 0 N–H and O–H groups in total. The lowest BCUT2D eigenvalue weighted by Gasteiger charge is -2.13. The molecule has 0 saturated heterocycles. The highest BCUT2D eigenvalue weighted by Gasteiger charge is 2.20. The Kier molecular flexibility index (Phi) is 5.88. The number of allylic oxidation sites excluding steroid dienone is 1. The molecule has 0 bridgehead atoms. The lowest BCUT2D eigenvalue weighted by molar-refractivity contribution is 0.359. The van der Waals surface area contributed by atoms with Gasteiger partial charge in [-0.1, -0.05) is 30.3 Å². The third-order valence-electron chi connectivity index (χ3n) is 4.27. The van der Waals surface area contributed by atoms with E-state index in [1.165, 1.54) is 42.5 Å². The van der Waals surface area contributed by atoms with Crippen molar-refractivity contribution >= 4 is 9.84 Å². The second-order valence-corrected chi connectivity index (χ2v) is 8.35. The SMILES string of the molecule is CS(=O)(=O)c1ccc(-c2cnn(CC(F)=C(F)F)c(=O)c2-c2ccccc2F)cc1. The summed E-state index contributed by atoms with van der Waals surface area (Å²) in [7, 11) is -3.47. The van der Waals surface area contributed by atoms with Gasteiger partial charge < -0.3 is 0 Å². The van der Waals surface area contributed by atoms with E-state index in [1.807, 2.05) is 0 Å². The van der Waals surface area contributed by atoms with Crippen molar-refractivity contribution in [2.45, 2.75) is 11.4 Å². The topological polar surface area (TPSA) is 69.0 Å².